The summed E-state index contributed by atoms with van der Waals surface area (Å²) in [6, 6.07) is 1.70. The van der Waals surface area contributed by atoms with Crippen LogP contribution in [0.15, 0.2) is 18.7 Å². The van der Waals surface area contributed by atoms with E-state index in [1.807, 2.05) is 0 Å². The average Bonchev–Trinajstić information content (AvgIpc) is 2.68. The van der Waals surface area contributed by atoms with Crippen molar-refractivity contribution in [3.05, 3.63) is 29.2 Å². The minimum Gasteiger partial charge on any atom is -0.462 e. The number of hydrogen-bond acceptors (Lipinski definition) is 5. The molecule has 0 bridgehead atoms. The summed E-state index contributed by atoms with van der Waals surface area (Å²) < 4.78 is 9.68. The van der Waals surface area contributed by atoms with Crippen molar-refractivity contribution >= 4 is 28.4 Å². The molecule has 0 aromatic carbocycles. The van der Waals surface area contributed by atoms with Crippen LogP contribution in [-0.4, -0.2) is 25.3 Å². The van der Waals surface area contributed by atoms with Crippen LogP contribution in [-0.2, 0) is 9.47 Å². The highest BCUT2D eigenvalue weighted by atomic mass is 32.1. The molecular formula is C12H15NO4S. The quantitative estimate of drug-likeness (QED) is 0.659. The van der Waals surface area contributed by atoms with Gasteiger partial charge in [0.05, 0.1) is 11.6 Å². The normalized spacial score (nSPS) is 9.67. The SMILES string of the molecule is C=CCOC(=O)Nc1cc(C)c(C(=O)OCC)s1. The number of amides is 1. The number of thiophene rings is 1. The number of carbonyl (C=O) groups excluding carboxylic acids is 2. The highest BCUT2D eigenvalue weighted by molar-refractivity contribution is 7.18. The first-order valence-electron chi connectivity index (χ1n) is 5.40. The van der Waals surface area contributed by atoms with E-state index in [-0.39, 0.29) is 12.6 Å². The summed E-state index contributed by atoms with van der Waals surface area (Å²) in [5, 5.41) is 3.08. The van der Waals surface area contributed by atoms with Crippen molar-refractivity contribution in [2.75, 3.05) is 18.5 Å². The van der Waals surface area contributed by atoms with Gasteiger partial charge in [0.2, 0.25) is 0 Å². The van der Waals surface area contributed by atoms with Crippen LogP contribution in [0, 0.1) is 6.92 Å². The summed E-state index contributed by atoms with van der Waals surface area (Å²) in [6.45, 7) is 7.42. The van der Waals surface area contributed by atoms with Gasteiger partial charge in [-0.3, -0.25) is 5.32 Å². The van der Waals surface area contributed by atoms with E-state index >= 15 is 0 Å². The maximum Gasteiger partial charge on any atom is 0.412 e. The standard InChI is InChI=1S/C12H15NO4S/c1-4-6-17-12(15)13-9-7-8(3)10(18-9)11(14)16-5-2/h4,7H,1,5-6H2,2-3H3,(H,13,15). The zero-order valence-electron chi connectivity index (χ0n) is 10.3. The fraction of sp³-hybridized carbons (Fsp3) is 0.333. The number of esters is 1. The molecular weight excluding hydrogens is 254 g/mol. The Morgan fingerprint density at radius 3 is 2.83 bits per heavy atom. The zero-order valence-corrected chi connectivity index (χ0v) is 11.1. The van der Waals surface area contributed by atoms with Crippen LogP contribution in [0.1, 0.15) is 22.2 Å². The van der Waals surface area contributed by atoms with Crippen molar-refractivity contribution in [3.8, 4) is 0 Å². The van der Waals surface area contributed by atoms with Crippen LogP contribution in [0.2, 0.25) is 0 Å². The maximum atomic E-state index is 11.6. The predicted octanol–water partition coefficient (Wildman–Crippen LogP) is 2.97. The van der Waals surface area contributed by atoms with Crippen LogP contribution < -0.4 is 5.32 Å². The molecule has 0 fully saturated rings. The lowest BCUT2D eigenvalue weighted by Gasteiger charge is -2.01. The first kappa shape index (κ1) is 14.2. The largest absolute Gasteiger partial charge is 0.462 e. The van der Waals surface area contributed by atoms with Crippen molar-refractivity contribution in [2.24, 2.45) is 0 Å². The van der Waals surface area contributed by atoms with E-state index in [0.29, 0.717) is 16.5 Å². The van der Waals surface area contributed by atoms with Gasteiger partial charge in [-0.25, -0.2) is 9.59 Å². The highest BCUT2D eigenvalue weighted by Gasteiger charge is 2.15. The molecule has 0 unspecified atom stereocenters. The Morgan fingerprint density at radius 2 is 2.22 bits per heavy atom. The number of nitrogens with one attached hydrogen (secondary N) is 1. The Balaban J connectivity index is 2.69. The summed E-state index contributed by atoms with van der Waals surface area (Å²) >= 11 is 1.16. The third-order valence-corrected chi connectivity index (χ3v) is 3.07. The molecule has 0 atom stereocenters. The van der Waals surface area contributed by atoms with Gasteiger partial charge in [-0.1, -0.05) is 12.7 Å². The summed E-state index contributed by atoms with van der Waals surface area (Å²) in [5.74, 6) is -0.382. The number of carbonyl (C=O) groups is 2. The molecule has 0 aliphatic rings. The minimum absolute atomic E-state index is 0.140. The number of hydrogen-bond donors (Lipinski definition) is 1. The molecule has 1 heterocycles. The van der Waals surface area contributed by atoms with Gasteiger partial charge in [-0.15, -0.1) is 11.3 Å². The van der Waals surface area contributed by atoms with E-state index in [9.17, 15) is 9.59 Å². The van der Waals surface area contributed by atoms with Gasteiger partial charge >= 0.3 is 12.1 Å². The van der Waals surface area contributed by atoms with Crippen LogP contribution in [0.5, 0.6) is 0 Å². The van der Waals surface area contributed by atoms with Gasteiger partial charge < -0.3 is 9.47 Å². The van der Waals surface area contributed by atoms with Crippen LogP contribution in [0.25, 0.3) is 0 Å². The molecule has 1 aromatic rings. The molecule has 18 heavy (non-hydrogen) atoms. The summed E-state index contributed by atoms with van der Waals surface area (Å²) in [6.07, 6.45) is 0.898. The number of aryl methyl sites for hydroxylation is 1. The van der Waals surface area contributed by atoms with Crippen LogP contribution in [0.3, 0.4) is 0 Å². The van der Waals surface area contributed by atoms with Gasteiger partial charge in [0.1, 0.15) is 11.5 Å². The van der Waals surface area contributed by atoms with E-state index in [4.69, 9.17) is 9.47 Å². The van der Waals surface area contributed by atoms with Crippen molar-refractivity contribution in [3.63, 3.8) is 0 Å². The molecule has 0 saturated carbocycles. The van der Waals surface area contributed by atoms with E-state index in [1.165, 1.54) is 6.08 Å². The molecule has 1 rings (SSSR count). The molecule has 0 saturated heterocycles. The van der Waals surface area contributed by atoms with Gasteiger partial charge in [-0.05, 0) is 25.5 Å². The second-order valence-corrected chi connectivity index (χ2v) is 4.41. The number of anilines is 1. The lowest BCUT2D eigenvalue weighted by atomic mass is 10.3. The molecule has 98 valence electrons. The molecule has 0 spiro atoms. The molecule has 0 radical (unpaired) electrons. The van der Waals surface area contributed by atoms with Gasteiger partial charge in [0.25, 0.3) is 0 Å². The van der Waals surface area contributed by atoms with Gasteiger partial charge in [0, 0.05) is 0 Å². The first-order chi connectivity index (χ1) is 8.58. The summed E-state index contributed by atoms with van der Waals surface area (Å²) in [5.41, 5.74) is 0.762. The zero-order chi connectivity index (χ0) is 13.5. The molecule has 1 N–H and O–H groups in total. The average molecular weight is 269 g/mol. The molecule has 0 aliphatic heterocycles. The topological polar surface area (TPSA) is 64.6 Å². The Kier molecular flexibility index (Phi) is 5.38. The Labute approximate surface area is 109 Å². The first-order valence-corrected chi connectivity index (χ1v) is 6.22. The maximum absolute atomic E-state index is 11.6. The second-order valence-electron chi connectivity index (χ2n) is 3.36. The molecule has 5 nitrogen and oxygen atoms in total. The van der Waals surface area contributed by atoms with E-state index < -0.39 is 6.09 Å². The third-order valence-electron chi connectivity index (χ3n) is 1.94. The van der Waals surface area contributed by atoms with Crippen LogP contribution in [0.4, 0.5) is 9.80 Å². The third kappa shape index (κ3) is 3.89. The summed E-state index contributed by atoms with van der Waals surface area (Å²) in [4.78, 5) is 23.3. The predicted molar refractivity (Wildman–Crippen MR) is 70.2 cm³/mol. The highest BCUT2D eigenvalue weighted by Crippen LogP contribution is 2.27. The second kappa shape index (κ2) is 6.80. The lowest BCUT2D eigenvalue weighted by molar-refractivity contribution is 0.0531. The number of rotatable bonds is 5. The van der Waals surface area contributed by atoms with Gasteiger partial charge in [-0.2, -0.15) is 0 Å². The summed E-state index contributed by atoms with van der Waals surface area (Å²) in [7, 11) is 0. The van der Waals surface area contributed by atoms with E-state index in [1.54, 1.807) is 19.9 Å². The van der Waals surface area contributed by atoms with Crippen molar-refractivity contribution < 1.29 is 19.1 Å². The molecule has 1 amide bonds. The fourth-order valence-electron chi connectivity index (χ4n) is 1.21. The van der Waals surface area contributed by atoms with Crippen LogP contribution >= 0.6 is 11.3 Å². The Bertz CT molecular complexity index is 453. The minimum atomic E-state index is -0.577. The molecule has 1 aromatic heterocycles. The van der Waals surface area contributed by atoms with Crippen molar-refractivity contribution in [1.82, 2.24) is 0 Å². The Hall–Kier alpha value is -1.82. The van der Waals surface area contributed by atoms with Crippen molar-refractivity contribution in [2.45, 2.75) is 13.8 Å². The fourth-order valence-corrected chi connectivity index (χ4v) is 2.17. The van der Waals surface area contributed by atoms with Crippen molar-refractivity contribution in [1.29, 1.82) is 0 Å². The van der Waals surface area contributed by atoms with E-state index in [0.717, 1.165) is 16.9 Å². The smallest absolute Gasteiger partial charge is 0.412 e. The Morgan fingerprint density at radius 1 is 1.50 bits per heavy atom. The number of ether oxygens (including phenoxy) is 2. The molecule has 0 aliphatic carbocycles. The monoisotopic (exact) mass is 269 g/mol. The van der Waals surface area contributed by atoms with Gasteiger partial charge in [0.15, 0.2) is 0 Å². The lowest BCUT2D eigenvalue weighted by Crippen LogP contribution is -2.12. The van der Waals surface area contributed by atoms with E-state index in [2.05, 4.69) is 11.9 Å². The molecule has 6 heteroatoms.